The predicted octanol–water partition coefficient (Wildman–Crippen LogP) is 4.53. The SMILES string of the molecule is CCCN1CCC[C@H]1c1ccc(N(C(=O)OC(C)(C)C)C2CC2)nc1. The van der Waals surface area contributed by atoms with E-state index in [4.69, 9.17) is 4.74 Å². The van der Waals surface area contributed by atoms with Crippen LogP contribution in [0.15, 0.2) is 18.3 Å². The lowest BCUT2D eigenvalue weighted by Gasteiger charge is -2.27. The lowest BCUT2D eigenvalue weighted by atomic mass is 10.1. The number of pyridine rings is 1. The van der Waals surface area contributed by atoms with Gasteiger partial charge in [-0.15, -0.1) is 0 Å². The van der Waals surface area contributed by atoms with Gasteiger partial charge in [0.25, 0.3) is 0 Å². The van der Waals surface area contributed by atoms with Crippen molar-refractivity contribution < 1.29 is 9.53 Å². The monoisotopic (exact) mass is 345 g/mol. The molecule has 2 fully saturated rings. The number of hydrogen-bond donors (Lipinski definition) is 0. The lowest BCUT2D eigenvalue weighted by Crippen LogP contribution is -2.38. The van der Waals surface area contributed by atoms with Gasteiger partial charge in [-0.3, -0.25) is 9.80 Å². The highest BCUT2D eigenvalue weighted by Gasteiger charge is 2.37. The Morgan fingerprint density at radius 3 is 2.64 bits per heavy atom. The van der Waals surface area contributed by atoms with E-state index in [-0.39, 0.29) is 12.1 Å². The fourth-order valence-corrected chi connectivity index (χ4v) is 3.57. The summed E-state index contributed by atoms with van der Waals surface area (Å²) in [6.07, 6.45) is 7.33. The Hall–Kier alpha value is -1.62. The van der Waals surface area contributed by atoms with E-state index in [2.05, 4.69) is 22.9 Å². The molecular weight excluding hydrogens is 314 g/mol. The Labute approximate surface area is 151 Å². The minimum Gasteiger partial charge on any atom is -0.443 e. The van der Waals surface area contributed by atoms with Gasteiger partial charge >= 0.3 is 6.09 Å². The molecule has 1 aliphatic carbocycles. The molecule has 2 aliphatic rings. The zero-order valence-corrected chi connectivity index (χ0v) is 16.0. The molecule has 0 radical (unpaired) electrons. The summed E-state index contributed by atoms with van der Waals surface area (Å²) in [5.41, 5.74) is 0.768. The molecule has 1 aromatic rings. The first-order chi connectivity index (χ1) is 11.9. The van der Waals surface area contributed by atoms with Crippen LogP contribution in [-0.2, 0) is 4.74 Å². The highest BCUT2D eigenvalue weighted by atomic mass is 16.6. The molecule has 0 bridgehead atoms. The number of anilines is 1. The molecule has 1 aromatic heterocycles. The van der Waals surface area contributed by atoms with Gasteiger partial charge in [0.05, 0.1) is 0 Å². The first-order valence-corrected chi connectivity index (χ1v) is 9.61. The van der Waals surface area contributed by atoms with Crippen LogP contribution in [0.5, 0.6) is 0 Å². The molecule has 0 spiro atoms. The number of carbonyl (C=O) groups is 1. The summed E-state index contributed by atoms with van der Waals surface area (Å²) >= 11 is 0. The van der Waals surface area contributed by atoms with Gasteiger partial charge in [-0.1, -0.05) is 13.0 Å². The van der Waals surface area contributed by atoms with Crippen LogP contribution < -0.4 is 4.90 Å². The maximum absolute atomic E-state index is 12.6. The molecule has 1 saturated carbocycles. The highest BCUT2D eigenvalue weighted by molar-refractivity contribution is 5.88. The molecule has 0 unspecified atom stereocenters. The predicted molar refractivity (Wildman–Crippen MR) is 99.8 cm³/mol. The molecule has 5 heteroatoms. The Bertz CT molecular complexity index is 590. The molecule has 1 amide bonds. The largest absolute Gasteiger partial charge is 0.443 e. The van der Waals surface area contributed by atoms with Crippen molar-refractivity contribution in [3.63, 3.8) is 0 Å². The van der Waals surface area contributed by atoms with Crippen molar-refractivity contribution in [1.82, 2.24) is 9.88 Å². The molecule has 1 atom stereocenters. The lowest BCUT2D eigenvalue weighted by molar-refractivity contribution is 0.0576. The third kappa shape index (κ3) is 4.51. The molecule has 2 heterocycles. The van der Waals surface area contributed by atoms with E-state index in [1.807, 2.05) is 33.0 Å². The average molecular weight is 345 g/mol. The molecule has 138 valence electrons. The van der Waals surface area contributed by atoms with Crippen molar-refractivity contribution in [1.29, 1.82) is 0 Å². The normalized spacial score (nSPS) is 21.4. The molecule has 5 nitrogen and oxygen atoms in total. The molecule has 1 aliphatic heterocycles. The van der Waals surface area contributed by atoms with Gasteiger partial charge in [0.1, 0.15) is 11.4 Å². The van der Waals surface area contributed by atoms with Crippen molar-refractivity contribution in [2.45, 2.75) is 77.5 Å². The van der Waals surface area contributed by atoms with Gasteiger partial charge < -0.3 is 4.74 Å². The maximum atomic E-state index is 12.6. The highest BCUT2D eigenvalue weighted by Crippen LogP contribution is 2.35. The fraction of sp³-hybridized carbons (Fsp3) is 0.700. The van der Waals surface area contributed by atoms with Gasteiger partial charge in [0, 0.05) is 18.3 Å². The van der Waals surface area contributed by atoms with Gasteiger partial charge in [-0.25, -0.2) is 9.78 Å². The second-order valence-corrected chi connectivity index (χ2v) is 8.23. The number of nitrogens with zero attached hydrogens (tertiary/aromatic N) is 3. The van der Waals surface area contributed by atoms with Gasteiger partial charge in [-0.05, 0) is 77.6 Å². The van der Waals surface area contributed by atoms with E-state index in [1.165, 1.54) is 31.4 Å². The Kier molecular flexibility index (Phi) is 5.32. The van der Waals surface area contributed by atoms with Crippen molar-refractivity contribution in [3.05, 3.63) is 23.9 Å². The summed E-state index contributed by atoms with van der Waals surface area (Å²) in [5, 5.41) is 0. The Balaban J connectivity index is 1.74. The summed E-state index contributed by atoms with van der Waals surface area (Å²) < 4.78 is 5.57. The standard InChI is InChI=1S/C20H31N3O2/c1-5-12-22-13-6-7-17(22)15-8-11-18(21-14-15)23(16-9-10-16)19(24)25-20(2,3)4/h8,11,14,16-17H,5-7,9-10,12-13H2,1-4H3/t17-/m0/s1. The summed E-state index contributed by atoms with van der Waals surface area (Å²) in [4.78, 5) is 21.5. The van der Waals surface area contributed by atoms with Crippen molar-refractivity contribution in [2.24, 2.45) is 0 Å². The summed E-state index contributed by atoms with van der Waals surface area (Å²) in [7, 11) is 0. The van der Waals surface area contributed by atoms with Crippen LogP contribution in [0.1, 0.15) is 71.4 Å². The second kappa shape index (κ2) is 7.32. The zero-order chi connectivity index (χ0) is 18.0. The van der Waals surface area contributed by atoms with Gasteiger partial charge in [-0.2, -0.15) is 0 Å². The maximum Gasteiger partial charge on any atom is 0.416 e. The zero-order valence-electron chi connectivity index (χ0n) is 16.0. The van der Waals surface area contributed by atoms with Crippen molar-refractivity contribution in [3.8, 4) is 0 Å². The third-order valence-electron chi connectivity index (χ3n) is 4.78. The first-order valence-electron chi connectivity index (χ1n) is 9.61. The Morgan fingerprint density at radius 2 is 2.08 bits per heavy atom. The molecule has 3 rings (SSSR count). The van der Waals surface area contributed by atoms with Crippen LogP contribution in [0.2, 0.25) is 0 Å². The van der Waals surface area contributed by atoms with Crippen LogP contribution in [0.4, 0.5) is 10.6 Å². The molecule has 25 heavy (non-hydrogen) atoms. The minimum atomic E-state index is -0.491. The summed E-state index contributed by atoms with van der Waals surface area (Å²) in [6.45, 7) is 10.2. The van der Waals surface area contributed by atoms with E-state index in [0.717, 1.165) is 19.4 Å². The van der Waals surface area contributed by atoms with Gasteiger partial charge in [0.2, 0.25) is 0 Å². The van der Waals surface area contributed by atoms with E-state index >= 15 is 0 Å². The molecule has 0 N–H and O–H groups in total. The third-order valence-corrected chi connectivity index (χ3v) is 4.78. The van der Waals surface area contributed by atoms with Crippen LogP contribution in [0.3, 0.4) is 0 Å². The van der Waals surface area contributed by atoms with Crippen molar-refractivity contribution >= 4 is 11.9 Å². The van der Waals surface area contributed by atoms with Crippen molar-refractivity contribution in [2.75, 3.05) is 18.0 Å². The number of aromatic nitrogens is 1. The van der Waals surface area contributed by atoms with E-state index in [9.17, 15) is 4.79 Å². The smallest absolute Gasteiger partial charge is 0.416 e. The van der Waals surface area contributed by atoms with Gasteiger partial charge in [0.15, 0.2) is 0 Å². The second-order valence-electron chi connectivity index (χ2n) is 8.23. The quantitative estimate of drug-likeness (QED) is 0.786. The number of carbonyl (C=O) groups excluding carboxylic acids is 1. The molecular formula is C20H31N3O2. The van der Waals surface area contributed by atoms with Crippen LogP contribution in [-0.4, -0.2) is 40.7 Å². The van der Waals surface area contributed by atoms with Crippen LogP contribution >= 0.6 is 0 Å². The summed E-state index contributed by atoms with van der Waals surface area (Å²) in [5.74, 6) is 0.709. The number of amides is 1. The van der Waals surface area contributed by atoms with E-state index < -0.39 is 5.60 Å². The van der Waals surface area contributed by atoms with E-state index in [0.29, 0.717) is 11.9 Å². The van der Waals surface area contributed by atoms with Crippen LogP contribution in [0, 0.1) is 0 Å². The molecule has 0 aromatic carbocycles. The number of likely N-dealkylation sites (tertiary alicyclic amines) is 1. The molecule has 1 saturated heterocycles. The topological polar surface area (TPSA) is 45.7 Å². The number of ether oxygens (including phenoxy) is 1. The number of hydrogen-bond acceptors (Lipinski definition) is 4. The van der Waals surface area contributed by atoms with E-state index in [1.54, 1.807) is 4.90 Å². The minimum absolute atomic E-state index is 0.233. The first kappa shape index (κ1) is 18.2. The fourth-order valence-electron chi connectivity index (χ4n) is 3.57. The average Bonchev–Trinajstić information content (AvgIpc) is 3.25. The van der Waals surface area contributed by atoms with Crippen LogP contribution in [0.25, 0.3) is 0 Å². The summed E-state index contributed by atoms with van der Waals surface area (Å²) in [6, 6.07) is 4.83. The Morgan fingerprint density at radius 1 is 1.32 bits per heavy atom. The number of rotatable bonds is 5.